The fraction of sp³-hybridized carbons (Fsp3) is 0.190. The average molecular weight is 522 g/mol. The maximum atomic E-state index is 12.7. The van der Waals surface area contributed by atoms with Gasteiger partial charge in [0.2, 0.25) is 0 Å². The maximum Gasteiger partial charge on any atom is 0.341 e. The van der Waals surface area contributed by atoms with Crippen LogP contribution in [-0.4, -0.2) is 41.6 Å². The second-order valence-corrected chi connectivity index (χ2v) is 7.74. The Morgan fingerprint density at radius 3 is 2.57 bits per heavy atom. The zero-order chi connectivity index (χ0) is 21.8. The summed E-state index contributed by atoms with van der Waals surface area (Å²) in [6.45, 7) is 1.63. The molecular weight excluding hydrogens is 503 g/mol. The molecule has 8 nitrogen and oxygen atoms in total. The average Bonchev–Trinajstić information content (AvgIpc) is 2.95. The Morgan fingerprint density at radius 2 is 1.93 bits per heavy atom. The molecule has 0 bridgehead atoms. The summed E-state index contributed by atoms with van der Waals surface area (Å²) >= 11 is 1.99. The molecule has 0 saturated carbocycles. The third-order valence-corrected chi connectivity index (χ3v) is 5.13. The van der Waals surface area contributed by atoms with Crippen LogP contribution in [0.25, 0.3) is 6.08 Å². The van der Waals surface area contributed by atoms with Gasteiger partial charge < -0.3 is 19.9 Å². The molecule has 2 N–H and O–H groups in total. The van der Waals surface area contributed by atoms with Crippen molar-refractivity contribution in [1.29, 1.82) is 0 Å². The van der Waals surface area contributed by atoms with Crippen LogP contribution in [0.3, 0.4) is 0 Å². The van der Waals surface area contributed by atoms with Gasteiger partial charge in [-0.05, 0) is 58.9 Å². The summed E-state index contributed by atoms with van der Waals surface area (Å²) in [6.07, 6.45) is 1.54. The number of ether oxygens (including phenoxy) is 2. The quantitative estimate of drug-likeness (QED) is 0.329. The van der Waals surface area contributed by atoms with Gasteiger partial charge in [0.25, 0.3) is 5.91 Å². The SMILES string of the molecule is COc1cc(/C=C2/NC(=O)N(Cc3ccc(C)cc3)C2=O)cc(I)c1OCC(=O)O. The zero-order valence-corrected chi connectivity index (χ0v) is 18.4. The molecular formula is C21H19IN2O6. The van der Waals surface area contributed by atoms with Gasteiger partial charge in [-0.1, -0.05) is 29.8 Å². The van der Waals surface area contributed by atoms with Crippen LogP contribution >= 0.6 is 22.6 Å². The van der Waals surface area contributed by atoms with E-state index in [0.29, 0.717) is 20.6 Å². The highest BCUT2D eigenvalue weighted by Crippen LogP contribution is 2.34. The van der Waals surface area contributed by atoms with Crippen molar-refractivity contribution in [2.75, 3.05) is 13.7 Å². The minimum absolute atomic E-state index is 0.143. The molecule has 1 aliphatic rings. The van der Waals surface area contributed by atoms with Crippen molar-refractivity contribution in [3.05, 3.63) is 62.4 Å². The number of benzene rings is 2. The van der Waals surface area contributed by atoms with Crippen molar-refractivity contribution >= 4 is 46.6 Å². The first-order valence-electron chi connectivity index (χ1n) is 8.90. The molecule has 2 aromatic carbocycles. The standard InChI is InChI=1S/C21H19IN2O6/c1-12-3-5-13(6-4-12)10-24-20(27)16(23-21(24)28)8-14-7-15(22)19(17(9-14)29-2)30-11-18(25)26/h3-9H,10-11H2,1-2H3,(H,23,28)(H,25,26)/b16-8+. The van der Waals surface area contributed by atoms with E-state index in [1.807, 2.05) is 53.8 Å². The van der Waals surface area contributed by atoms with Gasteiger partial charge >= 0.3 is 12.0 Å². The Kier molecular flexibility index (Phi) is 6.60. The van der Waals surface area contributed by atoms with Gasteiger partial charge in [0.1, 0.15) is 5.70 Å². The van der Waals surface area contributed by atoms with Crippen molar-refractivity contribution in [3.63, 3.8) is 0 Å². The summed E-state index contributed by atoms with van der Waals surface area (Å²) in [4.78, 5) is 36.9. The zero-order valence-electron chi connectivity index (χ0n) is 16.3. The van der Waals surface area contributed by atoms with E-state index in [0.717, 1.165) is 16.0 Å². The molecule has 0 spiro atoms. The first-order chi connectivity index (χ1) is 14.3. The Bertz CT molecular complexity index is 1030. The van der Waals surface area contributed by atoms with Crippen molar-refractivity contribution in [2.24, 2.45) is 0 Å². The highest BCUT2D eigenvalue weighted by Gasteiger charge is 2.33. The van der Waals surface area contributed by atoms with Crippen LogP contribution in [-0.2, 0) is 16.1 Å². The van der Waals surface area contributed by atoms with Gasteiger partial charge in [0.15, 0.2) is 18.1 Å². The number of carboxylic acid groups (broad SMARTS) is 1. The van der Waals surface area contributed by atoms with Gasteiger partial charge in [-0.2, -0.15) is 0 Å². The third-order valence-electron chi connectivity index (χ3n) is 4.33. The minimum Gasteiger partial charge on any atom is -0.493 e. The molecule has 1 saturated heterocycles. The van der Waals surface area contributed by atoms with E-state index < -0.39 is 24.5 Å². The third kappa shape index (κ3) is 4.90. The molecule has 1 aliphatic heterocycles. The summed E-state index contributed by atoms with van der Waals surface area (Å²) in [7, 11) is 1.43. The normalized spacial score (nSPS) is 14.8. The van der Waals surface area contributed by atoms with Crippen LogP contribution in [0.1, 0.15) is 16.7 Å². The first kappa shape index (κ1) is 21.6. The Hall–Kier alpha value is -3.08. The number of imide groups is 1. The highest BCUT2D eigenvalue weighted by molar-refractivity contribution is 14.1. The molecule has 30 heavy (non-hydrogen) atoms. The fourth-order valence-corrected chi connectivity index (χ4v) is 3.64. The van der Waals surface area contributed by atoms with Crippen LogP contribution in [0.15, 0.2) is 42.1 Å². The number of methoxy groups -OCH3 is 1. The summed E-state index contributed by atoms with van der Waals surface area (Å²) in [5.74, 6) is -0.915. The van der Waals surface area contributed by atoms with Gasteiger partial charge in [0.05, 0.1) is 17.2 Å². The number of nitrogens with one attached hydrogen (secondary N) is 1. The lowest BCUT2D eigenvalue weighted by Crippen LogP contribution is -2.30. The molecule has 0 aliphatic carbocycles. The van der Waals surface area contributed by atoms with E-state index in [1.54, 1.807) is 18.2 Å². The Labute approximate surface area is 186 Å². The summed E-state index contributed by atoms with van der Waals surface area (Å²) < 4.78 is 11.2. The van der Waals surface area contributed by atoms with Crippen molar-refractivity contribution < 1.29 is 29.0 Å². The molecule has 0 radical (unpaired) electrons. The number of nitrogens with zero attached hydrogens (tertiary/aromatic N) is 1. The fourth-order valence-electron chi connectivity index (χ4n) is 2.86. The van der Waals surface area contributed by atoms with Gasteiger partial charge in [-0.3, -0.25) is 9.69 Å². The molecule has 3 rings (SSSR count). The second-order valence-electron chi connectivity index (χ2n) is 6.58. The predicted molar refractivity (Wildman–Crippen MR) is 117 cm³/mol. The smallest absolute Gasteiger partial charge is 0.341 e. The van der Waals surface area contributed by atoms with Crippen LogP contribution in [0.5, 0.6) is 11.5 Å². The molecule has 156 valence electrons. The van der Waals surface area contributed by atoms with Gasteiger partial charge in [0, 0.05) is 0 Å². The monoisotopic (exact) mass is 522 g/mol. The number of carbonyl (C=O) groups is 3. The predicted octanol–water partition coefficient (Wildman–Crippen LogP) is 3.16. The van der Waals surface area contributed by atoms with Gasteiger partial charge in [-0.15, -0.1) is 0 Å². The number of aryl methyl sites for hydroxylation is 1. The molecule has 1 heterocycles. The summed E-state index contributed by atoms with van der Waals surface area (Å²) in [5, 5.41) is 11.4. The van der Waals surface area contributed by atoms with E-state index >= 15 is 0 Å². The molecule has 9 heteroatoms. The number of hydrogen-bond acceptors (Lipinski definition) is 5. The van der Waals surface area contributed by atoms with Gasteiger partial charge in [-0.25, -0.2) is 9.59 Å². The van der Waals surface area contributed by atoms with E-state index in [4.69, 9.17) is 14.6 Å². The number of carboxylic acids is 1. The van der Waals surface area contributed by atoms with Crippen molar-refractivity contribution in [2.45, 2.75) is 13.5 Å². The van der Waals surface area contributed by atoms with Crippen LogP contribution in [0.2, 0.25) is 0 Å². The van der Waals surface area contributed by atoms with Crippen LogP contribution < -0.4 is 14.8 Å². The van der Waals surface area contributed by atoms with E-state index in [1.165, 1.54) is 7.11 Å². The number of hydrogen-bond donors (Lipinski definition) is 2. The first-order valence-corrected chi connectivity index (χ1v) is 9.98. The van der Waals surface area contributed by atoms with E-state index in [-0.39, 0.29) is 12.2 Å². The molecule has 1 fully saturated rings. The number of amides is 3. The number of urea groups is 1. The lowest BCUT2D eigenvalue weighted by atomic mass is 10.1. The largest absolute Gasteiger partial charge is 0.493 e. The molecule has 0 unspecified atom stereocenters. The molecule has 0 aromatic heterocycles. The van der Waals surface area contributed by atoms with E-state index in [2.05, 4.69) is 5.32 Å². The lowest BCUT2D eigenvalue weighted by molar-refractivity contribution is -0.139. The second kappa shape index (κ2) is 9.16. The van der Waals surface area contributed by atoms with Crippen molar-refractivity contribution in [3.8, 4) is 11.5 Å². The Morgan fingerprint density at radius 1 is 1.23 bits per heavy atom. The summed E-state index contributed by atoms with van der Waals surface area (Å²) in [5.41, 5.74) is 2.68. The summed E-state index contributed by atoms with van der Waals surface area (Å²) in [6, 6.07) is 10.4. The molecule has 0 atom stereocenters. The number of aliphatic carboxylic acids is 1. The number of rotatable bonds is 7. The maximum absolute atomic E-state index is 12.7. The number of carbonyl (C=O) groups excluding carboxylic acids is 2. The minimum atomic E-state index is -1.10. The van der Waals surface area contributed by atoms with Crippen LogP contribution in [0, 0.1) is 10.5 Å². The topological polar surface area (TPSA) is 105 Å². The molecule has 3 amide bonds. The highest BCUT2D eigenvalue weighted by atomic mass is 127. The number of halogens is 1. The molecule has 2 aromatic rings. The lowest BCUT2D eigenvalue weighted by Gasteiger charge is -2.13. The van der Waals surface area contributed by atoms with Crippen molar-refractivity contribution in [1.82, 2.24) is 10.2 Å². The van der Waals surface area contributed by atoms with E-state index in [9.17, 15) is 14.4 Å². The Balaban J connectivity index is 1.83. The van der Waals surface area contributed by atoms with Crippen LogP contribution in [0.4, 0.5) is 4.79 Å².